The summed E-state index contributed by atoms with van der Waals surface area (Å²) in [5, 5.41) is 9.48. The predicted molar refractivity (Wildman–Crippen MR) is 53.4 cm³/mol. The van der Waals surface area contributed by atoms with Crippen molar-refractivity contribution in [1.29, 1.82) is 0 Å². The second kappa shape index (κ2) is 3.31. The maximum atomic E-state index is 13.2. The molecule has 0 unspecified atom stereocenters. The van der Waals surface area contributed by atoms with Crippen LogP contribution in [0.3, 0.4) is 0 Å². The lowest BCUT2D eigenvalue weighted by molar-refractivity contribution is 0.0691. The number of aryl methyl sites for hydroxylation is 1. The molecule has 4 heteroatoms. The highest BCUT2D eigenvalue weighted by molar-refractivity contribution is 5.90. The molecule has 2 rings (SSSR count). The zero-order valence-corrected chi connectivity index (χ0v) is 7.99. The molecule has 1 aromatic carbocycles. The first-order valence-corrected chi connectivity index (χ1v) is 4.39. The Hall–Kier alpha value is -1.97. The van der Waals surface area contributed by atoms with Crippen molar-refractivity contribution in [3.63, 3.8) is 0 Å². The fourth-order valence-electron chi connectivity index (χ4n) is 1.42. The maximum Gasteiger partial charge on any atom is 0.354 e. The van der Waals surface area contributed by atoms with Crippen molar-refractivity contribution >= 4 is 16.9 Å². The number of pyridine rings is 1. The van der Waals surface area contributed by atoms with E-state index in [1.165, 1.54) is 12.1 Å². The van der Waals surface area contributed by atoms with E-state index in [0.717, 1.165) is 5.39 Å². The fourth-order valence-corrected chi connectivity index (χ4v) is 1.42. The third-order valence-electron chi connectivity index (χ3n) is 2.27. The van der Waals surface area contributed by atoms with Gasteiger partial charge < -0.3 is 5.11 Å². The van der Waals surface area contributed by atoms with Crippen LogP contribution < -0.4 is 0 Å². The first kappa shape index (κ1) is 9.58. The number of aromatic nitrogens is 1. The van der Waals surface area contributed by atoms with Gasteiger partial charge in [0, 0.05) is 10.9 Å². The average molecular weight is 205 g/mol. The highest BCUT2D eigenvalue weighted by Crippen LogP contribution is 2.19. The first-order valence-electron chi connectivity index (χ1n) is 4.39. The van der Waals surface area contributed by atoms with Crippen LogP contribution in [0.25, 0.3) is 10.9 Å². The Labute approximate surface area is 85.2 Å². The van der Waals surface area contributed by atoms with Crippen molar-refractivity contribution in [2.75, 3.05) is 0 Å². The number of fused-ring (bicyclic) bond motifs is 1. The fraction of sp³-hybridized carbons (Fsp3) is 0.0909. The Morgan fingerprint density at radius 1 is 1.33 bits per heavy atom. The van der Waals surface area contributed by atoms with Crippen LogP contribution in [0.15, 0.2) is 24.3 Å². The molecular weight excluding hydrogens is 197 g/mol. The summed E-state index contributed by atoms with van der Waals surface area (Å²) in [4.78, 5) is 14.6. The summed E-state index contributed by atoms with van der Waals surface area (Å²) in [6, 6.07) is 5.95. The standard InChI is InChI=1S/C11H8FNO2/c1-6-8(12)4-2-7-3-5-9(11(14)15)13-10(6)7/h2-5H,1H3,(H,14,15). The van der Waals surface area contributed by atoms with Crippen LogP contribution in [0.5, 0.6) is 0 Å². The molecule has 15 heavy (non-hydrogen) atoms. The van der Waals surface area contributed by atoms with Crippen molar-refractivity contribution in [2.24, 2.45) is 0 Å². The van der Waals surface area contributed by atoms with Crippen LogP contribution in [0.4, 0.5) is 4.39 Å². The Morgan fingerprint density at radius 3 is 2.67 bits per heavy atom. The smallest absolute Gasteiger partial charge is 0.354 e. The van der Waals surface area contributed by atoms with E-state index >= 15 is 0 Å². The van der Waals surface area contributed by atoms with Gasteiger partial charge in [-0.1, -0.05) is 6.07 Å². The Kier molecular flexibility index (Phi) is 2.11. The number of carboxylic acids is 1. The zero-order valence-electron chi connectivity index (χ0n) is 7.99. The molecule has 1 aromatic heterocycles. The molecule has 0 amide bonds. The zero-order chi connectivity index (χ0) is 11.0. The number of carbonyl (C=O) groups is 1. The summed E-state index contributed by atoms with van der Waals surface area (Å²) in [7, 11) is 0. The Morgan fingerprint density at radius 2 is 2.00 bits per heavy atom. The van der Waals surface area contributed by atoms with Crippen LogP contribution in [0, 0.1) is 12.7 Å². The molecule has 1 N–H and O–H groups in total. The van der Waals surface area contributed by atoms with E-state index in [9.17, 15) is 9.18 Å². The van der Waals surface area contributed by atoms with E-state index in [2.05, 4.69) is 4.98 Å². The van der Waals surface area contributed by atoms with Crippen LogP contribution in [-0.2, 0) is 0 Å². The van der Waals surface area contributed by atoms with E-state index in [1.807, 2.05) is 0 Å². The molecule has 0 saturated carbocycles. The molecule has 76 valence electrons. The number of rotatable bonds is 1. The van der Waals surface area contributed by atoms with Crippen molar-refractivity contribution in [1.82, 2.24) is 4.98 Å². The summed E-state index contributed by atoms with van der Waals surface area (Å²) in [5.74, 6) is -1.49. The lowest BCUT2D eigenvalue weighted by Crippen LogP contribution is -2.00. The van der Waals surface area contributed by atoms with E-state index < -0.39 is 5.97 Å². The monoisotopic (exact) mass is 205 g/mol. The maximum absolute atomic E-state index is 13.2. The highest BCUT2D eigenvalue weighted by Gasteiger charge is 2.08. The molecule has 2 aromatic rings. The molecule has 0 bridgehead atoms. The number of benzene rings is 1. The summed E-state index contributed by atoms with van der Waals surface area (Å²) in [6.45, 7) is 1.58. The van der Waals surface area contributed by atoms with Gasteiger partial charge in [-0.25, -0.2) is 14.2 Å². The molecule has 0 spiro atoms. The SMILES string of the molecule is Cc1c(F)ccc2ccc(C(=O)O)nc12. The normalized spacial score (nSPS) is 10.5. The van der Waals surface area contributed by atoms with Gasteiger partial charge in [0.2, 0.25) is 0 Å². The van der Waals surface area contributed by atoms with E-state index in [1.54, 1.807) is 19.1 Å². The van der Waals surface area contributed by atoms with E-state index in [4.69, 9.17) is 5.11 Å². The predicted octanol–water partition coefficient (Wildman–Crippen LogP) is 2.38. The summed E-state index contributed by atoms with van der Waals surface area (Å²) < 4.78 is 13.2. The van der Waals surface area contributed by atoms with Crippen molar-refractivity contribution in [3.05, 3.63) is 41.3 Å². The number of hydrogen-bond donors (Lipinski definition) is 1. The van der Waals surface area contributed by atoms with Gasteiger partial charge in [-0.15, -0.1) is 0 Å². The van der Waals surface area contributed by atoms with Crippen LogP contribution >= 0.6 is 0 Å². The van der Waals surface area contributed by atoms with Crippen LogP contribution in [0.2, 0.25) is 0 Å². The molecule has 0 fully saturated rings. The average Bonchev–Trinajstić information content (AvgIpc) is 2.23. The van der Waals surface area contributed by atoms with Gasteiger partial charge >= 0.3 is 5.97 Å². The minimum Gasteiger partial charge on any atom is -0.477 e. The quantitative estimate of drug-likeness (QED) is 0.777. The molecule has 0 aliphatic carbocycles. The number of carboxylic acid groups (broad SMARTS) is 1. The number of aromatic carboxylic acids is 1. The molecule has 0 atom stereocenters. The third kappa shape index (κ3) is 1.54. The summed E-state index contributed by atoms with van der Waals surface area (Å²) >= 11 is 0. The molecule has 0 aliphatic heterocycles. The molecular formula is C11H8FNO2. The van der Waals surface area contributed by atoms with Crippen molar-refractivity contribution in [3.8, 4) is 0 Å². The van der Waals surface area contributed by atoms with E-state index in [0.29, 0.717) is 11.1 Å². The number of hydrogen-bond acceptors (Lipinski definition) is 2. The number of halogens is 1. The summed E-state index contributed by atoms with van der Waals surface area (Å²) in [6.07, 6.45) is 0. The van der Waals surface area contributed by atoms with Gasteiger partial charge in [0.25, 0.3) is 0 Å². The largest absolute Gasteiger partial charge is 0.477 e. The Balaban J connectivity index is 2.79. The van der Waals surface area contributed by atoms with Crippen LogP contribution in [-0.4, -0.2) is 16.1 Å². The lowest BCUT2D eigenvalue weighted by Gasteiger charge is -2.03. The van der Waals surface area contributed by atoms with Crippen molar-refractivity contribution < 1.29 is 14.3 Å². The minimum atomic E-state index is -1.11. The summed E-state index contributed by atoms with van der Waals surface area (Å²) in [5.41, 5.74) is 0.696. The van der Waals surface area contributed by atoms with Gasteiger partial charge in [0.15, 0.2) is 0 Å². The van der Waals surface area contributed by atoms with Gasteiger partial charge in [-0.05, 0) is 25.1 Å². The molecule has 1 heterocycles. The topological polar surface area (TPSA) is 50.2 Å². The lowest BCUT2D eigenvalue weighted by atomic mass is 10.1. The molecule has 0 aliphatic rings. The van der Waals surface area contributed by atoms with Crippen molar-refractivity contribution in [2.45, 2.75) is 6.92 Å². The first-order chi connectivity index (χ1) is 7.09. The van der Waals surface area contributed by atoms with Gasteiger partial charge in [0.05, 0.1) is 5.52 Å². The van der Waals surface area contributed by atoms with Gasteiger partial charge in [-0.2, -0.15) is 0 Å². The Bertz CT molecular complexity index is 552. The molecule has 0 radical (unpaired) electrons. The number of nitrogens with zero attached hydrogens (tertiary/aromatic N) is 1. The van der Waals surface area contributed by atoms with Gasteiger partial charge in [-0.3, -0.25) is 0 Å². The third-order valence-corrected chi connectivity index (χ3v) is 2.27. The second-order valence-corrected chi connectivity index (χ2v) is 3.25. The minimum absolute atomic E-state index is 0.0730. The van der Waals surface area contributed by atoms with Gasteiger partial charge in [0.1, 0.15) is 11.5 Å². The molecule has 0 saturated heterocycles. The van der Waals surface area contributed by atoms with Crippen LogP contribution in [0.1, 0.15) is 16.1 Å². The highest BCUT2D eigenvalue weighted by atomic mass is 19.1. The second-order valence-electron chi connectivity index (χ2n) is 3.25. The van der Waals surface area contributed by atoms with E-state index in [-0.39, 0.29) is 11.5 Å². The molecule has 3 nitrogen and oxygen atoms in total.